The van der Waals surface area contributed by atoms with Gasteiger partial charge < -0.3 is 10.2 Å². The summed E-state index contributed by atoms with van der Waals surface area (Å²) >= 11 is 3.19. The summed E-state index contributed by atoms with van der Waals surface area (Å²) in [7, 11) is 0. The first-order chi connectivity index (χ1) is 6.75. The van der Waals surface area contributed by atoms with Crippen molar-refractivity contribution in [3.63, 3.8) is 0 Å². The summed E-state index contributed by atoms with van der Waals surface area (Å²) in [6, 6.07) is 1.80. The number of anilines is 1. The summed E-state index contributed by atoms with van der Waals surface area (Å²) in [5.41, 5.74) is 0. The highest BCUT2D eigenvalue weighted by Gasteiger charge is 2.17. The number of nitrogens with one attached hydrogen (secondary N) is 1. The normalized spacial score (nSPS) is 16.6. The molecule has 2 heterocycles. The first-order valence-electron chi connectivity index (χ1n) is 4.26. The van der Waals surface area contributed by atoms with E-state index in [2.05, 4.69) is 31.2 Å². The minimum Gasteiger partial charge on any atom is -0.353 e. The van der Waals surface area contributed by atoms with E-state index < -0.39 is 0 Å². The largest absolute Gasteiger partial charge is 0.353 e. The smallest absolute Gasteiger partial charge is 0.239 e. The van der Waals surface area contributed by atoms with Crippen molar-refractivity contribution in [1.29, 1.82) is 0 Å². The third-order valence-corrected chi connectivity index (χ3v) is 2.36. The Kier molecular flexibility index (Phi) is 2.62. The molecule has 1 aliphatic heterocycles. The Morgan fingerprint density at radius 1 is 1.57 bits per heavy atom. The molecule has 1 amide bonds. The van der Waals surface area contributed by atoms with Gasteiger partial charge in [-0.15, -0.1) is 0 Å². The van der Waals surface area contributed by atoms with Crippen molar-refractivity contribution in [3.05, 3.63) is 17.0 Å². The van der Waals surface area contributed by atoms with Crippen LogP contribution in [0.15, 0.2) is 17.0 Å². The lowest BCUT2D eigenvalue weighted by Gasteiger charge is -2.27. The van der Waals surface area contributed by atoms with Crippen LogP contribution in [0, 0.1) is 0 Å². The Labute approximate surface area is 89.7 Å². The van der Waals surface area contributed by atoms with E-state index >= 15 is 0 Å². The lowest BCUT2D eigenvalue weighted by Crippen LogP contribution is -2.48. The van der Waals surface area contributed by atoms with Crippen molar-refractivity contribution in [2.75, 3.05) is 24.5 Å². The molecule has 1 N–H and O–H groups in total. The Morgan fingerprint density at radius 3 is 3.14 bits per heavy atom. The SMILES string of the molecule is O=C1CN(c2ccnc(Br)n2)CCN1. The lowest BCUT2D eigenvalue weighted by molar-refractivity contribution is -0.120. The summed E-state index contributed by atoms with van der Waals surface area (Å²) in [6.45, 7) is 1.82. The van der Waals surface area contributed by atoms with Crippen LogP contribution >= 0.6 is 15.9 Å². The van der Waals surface area contributed by atoms with Crippen LogP contribution in [0.25, 0.3) is 0 Å². The predicted molar refractivity (Wildman–Crippen MR) is 55.0 cm³/mol. The summed E-state index contributed by atoms with van der Waals surface area (Å²) in [5, 5.41) is 2.76. The lowest BCUT2D eigenvalue weighted by atomic mass is 10.3. The van der Waals surface area contributed by atoms with Gasteiger partial charge in [0, 0.05) is 19.3 Å². The fourth-order valence-corrected chi connectivity index (χ4v) is 1.64. The number of halogens is 1. The number of rotatable bonds is 1. The number of hydrogen-bond donors (Lipinski definition) is 1. The van der Waals surface area contributed by atoms with Gasteiger partial charge in [0.2, 0.25) is 5.91 Å². The van der Waals surface area contributed by atoms with Crippen molar-refractivity contribution in [3.8, 4) is 0 Å². The minimum absolute atomic E-state index is 0.0333. The van der Waals surface area contributed by atoms with E-state index in [1.54, 1.807) is 12.3 Å². The van der Waals surface area contributed by atoms with Crippen LogP contribution in [-0.4, -0.2) is 35.5 Å². The quantitative estimate of drug-likeness (QED) is 0.729. The molecule has 0 aromatic carbocycles. The molecule has 6 heteroatoms. The highest BCUT2D eigenvalue weighted by molar-refractivity contribution is 9.10. The zero-order chi connectivity index (χ0) is 9.97. The second-order valence-corrected chi connectivity index (χ2v) is 3.66. The number of carbonyl (C=O) groups excluding carboxylic acids is 1. The number of nitrogens with zero attached hydrogens (tertiary/aromatic N) is 3. The first-order valence-corrected chi connectivity index (χ1v) is 5.05. The molecular weight excluding hydrogens is 248 g/mol. The molecule has 1 saturated heterocycles. The van der Waals surface area contributed by atoms with E-state index in [4.69, 9.17) is 0 Å². The van der Waals surface area contributed by atoms with Gasteiger partial charge in [0.05, 0.1) is 6.54 Å². The van der Waals surface area contributed by atoms with E-state index in [9.17, 15) is 4.79 Å². The molecule has 0 saturated carbocycles. The Bertz CT molecular complexity index is 357. The van der Waals surface area contributed by atoms with Crippen molar-refractivity contribution < 1.29 is 4.79 Å². The number of amides is 1. The average molecular weight is 257 g/mol. The zero-order valence-electron chi connectivity index (χ0n) is 7.40. The number of hydrogen-bond acceptors (Lipinski definition) is 4. The monoisotopic (exact) mass is 256 g/mol. The molecule has 0 radical (unpaired) electrons. The molecule has 74 valence electrons. The van der Waals surface area contributed by atoms with Crippen LogP contribution in [0.2, 0.25) is 0 Å². The maximum atomic E-state index is 11.1. The summed E-state index contributed by atoms with van der Waals surface area (Å²) in [4.78, 5) is 21.2. The number of piperazine rings is 1. The molecule has 0 aliphatic carbocycles. The molecule has 2 rings (SSSR count). The predicted octanol–water partition coefficient (Wildman–Crippen LogP) is 0.175. The summed E-state index contributed by atoms with van der Waals surface area (Å²) < 4.78 is 0.543. The highest BCUT2D eigenvalue weighted by Crippen LogP contribution is 2.12. The Hall–Kier alpha value is -1.17. The topological polar surface area (TPSA) is 58.1 Å². The molecule has 0 bridgehead atoms. The van der Waals surface area contributed by atoms with Crippen LogP contribution in [0.1, 0.15) is 0 Å². The van der Waals surface area contributed by atoms with Crippen LogP contribution in [0.3, 0.4) is 0 Å². The van der Waals surface area contributed by atoms with E-state index in [0.717, 1.165) is 12.4 Å². The average Bonchev–Trinajstić information content (AvgIpc) is 2.18. The molecule has 1 aromatic rings. The van der Waals surface area contributed by atoms with Gasteiger partial charge in [-0.05, 0) is 22.0 Å². The molecule has 1 aromatic heterocycles. The van der Waals surface area contributed by atoms with Gasteiger partial charge >= 0.3 is 0 Å². The van der Waals surface area contributed by atoms with E-state index in [-0.39, 0.29) is 5.91 Å². The molecule has 5 nitrogen and oxygen atoms in total. The fourth-order valence-electron chi connectivity index (χ4n) is 1.34. The van der Waals surface area contributed by atoms with Gasteiger partial charge in [0.15, 0.2) is 4.73 Å². The van der Waals surface area contributed by atoms with Crippen molar-refractivity contribution in [2.24, 2.45) is 0 Å². The summed E-state index contributed by atoms with van der Waals surface area (Å²) in [6.07, 6.45) is 1.67. The molecule has 0 unspecified atom stereocenters. The second kappa shape index (κ2) is 3.91. The van der Waals surface area contributed by atoms with Gasteiger partial charge in [-0.25, -0.2) is 9.97 Å². The first kappa shape index (κ1) is 9.39. The maximum Gasteiger partial charge on any atom is 0.239 e. The third kappa shape index (κ3) is 2.01. The summed E-state index contributed by atoms with van der Waals surface area (Å²) in [5.74, 6) is 0.813. The Balaban J connectivity index is 2.17. The second-order valence-electron chi connectivity index (χ2n) is 2.96. The third-order valence-electron chi connectivity index (χ3n) is 1.97. The highest BCUT2D eigenvalue weighted by atomic mass is 79.9. The van der Waals surface area contributed by atoms with Crippen LogP contribution in [0.4, 0.5) is 5.82 Å². The van der Waals surface area contributed by atoms with Gasteiger partial charge in [-0.1, -0.05) is 0 Å². The zero-order valence-corrected chi connectivity index (χ0v) is 8.99. The number of aromatic nitrogens is 2. The Morgan fingerprint density at radius 2 is 2.43 bits per heavy atom. The van der Waals surface area contributed by atoms with Crippen molar-refractivity contribution >= 4 is 27.7 Å². The van der Waals surface area contributed by atoms with Crippen LogP contribution in [-0.2, 0) is 4.79 Å². The van der Waals surface area contributed by atoms with Crippen LogP contribution in [0.5, 0.6) is 0 Å². The van der Waals surface area contributed by atoms with Gasteiger partial charge in [0.1, 0.15) is 5.82 Å². The van der Waals surface area contributed by atoms with Crippen molar-refractivity contribution in [2.45, 2.75) is 0 Å². The van der Waals surface area contributed by atoms with Gasteiger partial charge in [-0.2, -0.15) is 0 Å². The molecular formula is C8H9BrN4O. The van der Waals surface area contributed by atoms with Gasteiger partial charge in [0.25, 0.3) is 0 Å². The van der Waals surface area contributed by atoms with Crippen LogP contribution < -0.4 is 10.2 Å². The molecule has 0 atom stereocenters. The molecule has 1 aliphatic rings. The van der Waals surface area contributed by atoms with E-state index in [1.165, 1.54) is 0 Å². The molecule has 0 spiro atoms. The van der Waals surface area contributed by atoms with Gasteiger partial charge in [-0.3, -0.25) is 4.79 Å². The van der Waals surface area contributed by atoms with E-state index in [1.807, 2.05) is 4.90 Å². The fraction of sp³-hybridized carbons (Fsp3) is 0.375. The molecule has 14 heavy (non-hydrogen) atoms. The number of carbonyl (C=O) groups is 1. The minimum atomic E-state index is 0.0333. The molecule has 1 fully saturated rings. The van der Waals surface area contributed by atoms with Crippen molar-refractivity contribution in [1.82, 2.24) is 15.3 Å². The van der Waals surface area contributed by atoms with E-state index in [0.29, 0.717) is 17.8 Å². The standard InChI is InChI=1S/C8H9BrN4O/c9-8-11-2-1-6(12-8)13-4-3-10-7(14)5-13/h1-2H,3-5H2,(H,10,14). The maximum absolute atomic E-state index is 11.1.